The number of carbonyl (C=O) groups is 2. The van der Waals surface area contributed by atoms with Crippen LogP contribution in [-0.4, -0.2) is 36.4 Å². The summed E-state index contributed by atoms with van der Waals surface area (Å²) in [6.45, 7) is 3.76. The van der Waals surface area contributed by atoms with E-state index in [1.807, 2.05) is 6.08 Å². The summed E-state index contributed by atoms with van der Waals surface area (Å²) in [7, 11) is 0. The van der Waals surface area contributed by atoms with Gasteiger partial charge in [0.25, 0.3) is 0 Å². The zero-order valence-electron chi connectivity index (χ0n) is 37.4. The smallest absolute Gasteiger partial charge is 0.309 e. The molecule has 1 atom stereocenters. The number of aliphatic hydroxyl groups excluding tert-OH is 1. The van der Waals surface area contributed by atoms with Gasteiger partial charge < -0.3 is 14.6 Å². The maximum Gasteiger partial charge on any atom is 0.309 e. The van der Waals surface area contributed by atoms with Gasteiger partial charge in [0, 0.05) is 6.42 Å². The fourth-order valence-corrected chi connectivity index (χ4v) is 5.20. The molecule has 0 aromatic carbocycles. The Morgan fingerprint density at radius 3 is 1.05 bits per heavy atom. The molecule has 1 N–H and O–H groups in total. The minimum Gasteiger partial charge on any atom is -0.461 e. The molecule has 1 unspecified atom stereocenters. The van der Waals surface area contributed by atoms with Gasteiger partial charge in [-0.1, -0.05) is 190 Å². The molecule has 5 heteroatoms. The van der Waals surface area contributed by atoms with Crippen LogP contribution in [0.15, 0.2) is 170 Å². The third kappa shape index (κ3) is 46.0. The minimum atomic E-state index is -0.844. The van der Waals surface area contributed by atoms with Crippen LogP contribution in [0.1, 0.15) is 142 Å². The first kappa shape index (κ1) is 55.3. The number of allylic oxidation sites excluding steroid dienone is 27. The summed E-state index contributed by atoms with van der Waals surface area (Å²) in [4.78, 5) is 24.3. The topological polar surface area (TPSA) is 72.8 Å². The van der Waals surface area contributed by atoms with E-state index in [9.17, 15) is 14.7 Å². The first-order chi connectivity index (χ1) is 29.6. The lowest BCUT2D eigenvalue weighted by atomic mass is 10.1. The molecule has 0 fully saturated rings. The normalized spacial score (nSPS) is 13.8. The van der Waals surface area contributed by atoms with Crippen LogP contribution >= 0.6 is 0 Å². The fourth-order valence-electron chi connectivity index (χ4n) is 5.20. The molecule has 60 heavy (non-hydrogen) atoms. The zero-order chi connectivity index (χ0) is 43.5. The van der Waals surface area contributed by atoms with Crippen LogP contribution in [0.4, 0.5) is 0 Å². The highest BCUT2D eigenvalue weighted by Crippen LogP contribution is 2.08. The lowest BCUT2D eigenvalue weighted by Gasteiger charge is -2.15. The highest BCUT2D eigenvalue weighted by Gasteiger charge is 2.15. The number of hydrogen-bond donors (Lipinski definition) is 1. The number of rotatable bonds is 38. The Morgan fingerprint density at radius 1 is 0.400 bits per heavy atom. The highest BCUT2D eigenvalue weighted by atomic mass is 16.6. The molecule has 0 aromatic rings. The zero-order valence-corrected chi connectivity index (χ0v) is 37.4. The molecule has 0 saturated heterocycles. The van der Waals surface area contributed by atoms with Crippen molar-refractivity contribution < 1.29 is 24.2 Å². The van der Waals surface area contributed by atoms with Crippen molar-refractivity contribution >= 4 is 11.9 Å². The first-order valence-corrected chi connectivity index (χ1v) is 22.7. The summed E-state index contributed by atoms with van der Waals surface area (Å²) in [5.41, 5.74) is 0. The number of carbonyl (C=O) groups excluding carboxylic acids is 2. The van der Waals surface area contributed by atoms with Crippen molar-refractivity contribution in [1.82, 2.24) is 0 Å². The van der Waals surface area contributed by atoms with Crippen LogP contribution in [-0.2, 0) is 19.1 Å². The molecule has 0 aliphatic heterocycles. The van der Waals surface area contributed by atoms with E-state index in [4.69, 9.17) is 9.47 Å². The third-order valence-electron chi connectivity index (χ3n) is 8.54. The molecule has 0 aromatic heterocycles. The van der Waals surface area contributed by atoms with E-state index < -0.39 is 12.1 Å². The Labute approximate surface area is 366 Å². The van der Waals surface area contributed by atoms with Crippen molar-refractivity contribution in [2.75, 3.05) is 13.2 Å². The van der Waals surface area contributed by atoms with E-state index in [0.717, 1.165) is 116 Å². The van der Waals surface area contributed by atoms with Gasteiger partial charge in [-0.15, -0.1) is 0 Å². The summed E-state index contributed by atoms with van der Waals surface area (Å²) in [5.74, 6) is -0.797. The Balaban J connectivity index is 3.80. The average Bonchev–Trinajstić information content (AvgIpc) is 3.25. The lowest BCUT2D eigenvalue weighted by Crippen LogP contribution is -2.28. The number of esters is 2. The maximum absolute atomic E-state index is 12.2. The molecule has 0 saturated carbocycles. The SMILES string of the molecule is CC/C=C\C/C=C\C/C=C\C/C=C\C/C=C\C/C=C\C/C=C\C/C=C\C/C=C\CCCCCC(=O)OC(CO)COC(=O)C/C=C\C/C=C\C/C=C\C/C=C\C/C=C\CC. The van der Waals surface area contributed by atoms with Crippen LogP contribution < -0.4 is 0 Å². The summed E-state index contributed by atoms with van der Waals surface area (Å²) in [6, 6.07) is 0. The van der Waals surface area contributed by atoms with Gasteiger partial charge in [-0.3, -0.25) is 9.59 Å². The largest absolute Gasteiger partial charge is 0.461 e. The molecule has 0 spiro atoms. The summed E-state index contributed by atoms with van der Waals surface area (Å²) in [5, 5.41) is 9.57. The maximum atomic E-state index is 12.2. The first-order valence-electron chi connectivity index (χ1n) is 22.7. The van der Waals surface area contributed by atoms with Gasteiger partial charge in [0.05, 0.1) is 13.0 Å². The predicted molar refractivity (Wildman–Crippen MR) is 260 cm³/mol. The molecule has 0 rings (SSSR count). The van der Waals surface area contributed by atoms with Gasteiger partial charge in [0.1, 0.15) is 6.61 Å². The summed E-state index contributed by atoms with van der Waals surface area (Å²) >= 11 is 0. The van der Waals surface area contributed by atoms with Crippen molar-refractivity contribution in [3.05, 3.63) is 170 Å². The van der Waals surface area contributed by atoms with Gasteiger partial charge in [0.2, 0.25) is 0 Å². The molecule has 0 heterocycles. The molecule has 0 aliphatic rings. The number of hydrogen-bond acceptors (Lipinski definition) is 5. The minimum absolute atomic E-state index is 0.133. The fraction of sp³-hybridized carbons (Fsp3) is 0.455. The van der Waals surface area contributed by atoms with Crippen molar-refractivity contribution in [2.24, 2.45) is 0 Å². The van der Waals surface area contributed by atoms with Gasteiger partial charge in [0.15, 0.2) is 6.10 Å². The van der Waals surface area contributed by atoms with Crippen LogP contribution in [0.2, 0.25) is 0 Å². The molecular formula is C55H80O5. The second-order valence-electron chi connectivity index (χ2n) is 14.0. The van der Waals surface area contributed by atoms with Gasteiger partial charge in [-0.25, -0.2) is 0 Å². The van der Waals surface area contributed by atoms with Crippen LogP contribution in [0.3, 0.4) is 0 Å². The molecule has 0 amide bonds. The number of aliphatic hydroxyl groups is 1. The Kier molecular flexibility index (Phi) is 44.8. The third-order valence-corrected chi connectivity index (χ3v) is 8.54. The molecule has 5 nitrogen and oxygen atoms in total. The Morgan fingerprint density at radius 2 is 0.717 bits per heavy atom. The monoisotopic (exact) mass is 821 g/mol. The molecule has 0 aliphatic carbocycles. The second-order valence-corrected chi connectivity index (χ2v) is 14.0. The highest BCUT2D eigenvalue weighted by molar-refractivity contribution is 5.71. The van der Waals surface area contributed by atoms with E-state index in [-0.39, 0.29) is 32.0 Å². The summed E-state index contributed by atoms with van der Waals surface area (Å²) < 4.78 is 10.5. The van der Waals surface area contributed by atoms with Crippen molar-refractivity contribution in [2.45, 2.75) is 148 Å². The van der Waals surface area contributed by atoms with E-state index in [0.29, 0.717) is 0 Å². The van der Waals surface area contributed by atoms with Gasteiger partial charge in [-0.05, 0) is 109 Å². The van der Waals surface area contributed by atoms with Crippen LogP contribution in [0.5, 0.6) is 0 Å². The van der Waals surface area contributed by atoms with Crippen molar-refractivity contribution in [1.29, 1.82) is 0 Å². The van der Waals surface area contributed by atoms with Crippen LogP contribution in [0, 0.1) is 0 Å². The Bertz CT molecular complexity index is 1440. The summed E-state index contributed by atoms with van der Waals surface area (Å²) in [6.07, 6.45) is 77.4. The predicted octanol–water partition coefficient (Wildman–Crippen LogP) is 15.1. The standard InChI is InChI=1S/C55H80O5/c1-3-5-7-9-11-13-15-17-19-20-21-22-23-24-25-26-27-28-29-30-31-32-33-34-36-38-40-42-44-46-48-50-55(58)60-53(51-56)52-59-54(57)49-47-45-43-41-39-37-35-18-16-14-12-10-8-6-4-2/h5-8,11-14,17-19,21-22,24-25,27-28,30-31,33-35,38-41,45,47,53,56H,3-4,9-10,15-16,20,23,26,29,32,36-37,42-44,46,48-52H2,1-2H3/b7-5-,8-6-,13-11-,14-12-,19-17-,22-21-,25-24-,28-27-,31-30-,34-33-,35-18-,40-38-,41-39-,47-45-. The Hall–Kier alpha value is -4.74. The quantitative estimate of drug-likeness (QED) is 0.0382. The van der Waals surface area contributed by atoms with E-state index in [1.165, 1.54) is 0 Å². The number of ether oxygens (including phenoxy) is 2. The van der Waals surface area contributed by atoms with E-state index in [1.54, 1.807) is 6.08 Å². The van der Waals surface area contributed by atoms with E-state index >= 15 is 0 Å². The van der Waals surface area contributed by atoms with Gasteiger partial charge >= 0.3 is 11.9 Å². The molecular weight excluding hydrogens is 741 g/mol. The van der Waals surface area contributed by atoms with E-state index in [2.05, 4.69) is 172 Å². The van der Waals surface area contributed by atoms with Crippen LogP contribution in [0.25, 0.3) is 0 Å². The molecule has 330 valence electrons. The average molecular weight is 821 g/mol. The molecule has 0 bridgehead atoms. The van der Waals surface area contributed by atoms with Crippen molar-refractivity contribution in [3.8, 4) is 0 Å². The molecule has 0 radical (unpaired) electrons. The van der Waals surface area contributed by atoms with Crippen molar-refractivity contribution in [3.63, 3.8) is 0 Å². The van der Waals surface area contributed by atoms with Gasteiger partial charge in [-0.2, -0.15) is 0 Å². The number of unbranched alkanes of at least 4 members (excludes halogenated alkanes) is 3. The second kappa shape index (κ2) is 48.6. The lowest BCUT2D eigenvalue weighted by molar-refractivity contribution is -0.161.